The summed E-state index contributed by atoms with van der Waals surface area (Å²) in [6.07, 6.45) is 1.99. The highest BCUT2D eigenvalue weighted by Gasteiger charge is 2.33. The Morgan fingerprint density at radius 2 is 1.91 bits per heavy atom. The van der Waals surface area contributed by atoms with E-state index in [1.165, 1.54) is 0 Å². The third kappa shape index (κ3) is 3.29. The maximum absolute atomic E-state index is 12.7. The van der Waals surface area contributed by atoms with Crippen LogP contribution in [0.25, 0.3) is 0 Å². The summed E-state index contributed by atoms with van der Waals surface area (Å²) in [5.74, 6) is 0.234. The molecule has 1 amide bonds. The Morgan fingerprint density at radius 3 is 2.59 bits per heavy atom. The number of nitrogens with zero attached hydrogens (tertiary/aromatic N) is 3. The van der Waals surface area contributed by atoms with E-state index in [9.17, 15) is 4.79 Å². The lowest BCUT2D eigenvalue weighted by Gasteiger charge is -2.40. The normalized spacial score (nSPS) is 23.3. The number of amides is 1. The molecule has 2 saturated heterocycles. The first-order valence-electron chi connectivity index (χ1n) is 7.87. The van der Waals surface area contributed by atoms with Crippen LogP contribution in [0.15, 0.2) is 24.3 Å². The minimum atomic E-state index is 0.0102. The molecule has 2 heterocycles. The van der Waals surface area contributed by atoms with Crippen LogP contribution in [-0.4, -0.2) is 54.6 Å². The van der Waals surface area contributed by atoms with Crippen molar-refractivity contribution in [3.8, 4) is 6.07 Å². The van der Waals surface area contributed by atoms with Gasteiger partial charge in [0.15, 0.2) is 0 Å². The van der Waals surface area contributed by atoms with Gasteiger partial charge in [-0.25, -0.2) is 0 Å². The summed E-state index contributed by atoms with van der Waals surface area (Å²) < 4.78 is 5.38. The number of carbonyl (C=O) groups excluding carboxylic acids is 1. The molecule has 116 valence electrons. The lowest BCUT2D eigenvalue weighted by molar-refractivity contribution is -0.142. The van der Waals surface area contributed by atoms with Crippen LogP contribution in [0.2, 0.25) is 0 Å². The topological polar surface area (TPSA) is 56.6 Å². The molecule has 1 atom stereocenters. The third-order valence-electron chi connectivity index (χ3n) is 4.45. The van der Waals surface area contributed by atoms with Gasteiger partial charge in [-0.2, -0.15) is 5.26 Å². The number of morpholine rings is 1. The number of carbonyl (C=O) groups is 1. The number of rotatable bonds is 3. The Kier molecular flexibility index (Phi) is 4.71. The number of likely N-dealkylation sites (tertiary alicyclic amines) is 1. The van der Waals surface area contributed by atoms with Gasteiger partial charge < -0.3 is 9.64 Å². The molecule has 3 rings (SSSR count). The molecule has 0 aromatic heterocycles. The Labute approximate surface area is 131 Å². The fraction of sp³-hybridized carbons (Fsp3) is 0.529. The van der Waals surface area contributed by atoms with E-state index in [1.54, 1.807) is 0 Å². The second kappa shape index (κ2) is 6.91. The highest BCUT2D eigenvalue weighted by molar-refractivity contribution is 5.82. The Hall–Kier alpha value is -1.90. The summed E-state index contributed by atoms with van der Waals surface area (Å²) in [5, 5.41) is 8.84. The summed E-state index contributed by atoms with van der Waals surface area (Å²) >= 11 is 0. The molecule has 2 aliphatic heterocycles. The van der Waals surface area contributed by atoms with E-state index in [1.807, 2.05) is 29.2 Å². The maximum atomic E-state index is 12.7. The van der Waals surface area contributed by atoms with Gasteiger partial charge in [-0.1, -0.05) is 12.1 Å². The van der Waals surface area contributed by atoms with Crippen molar-refractivity contribution in [1.29, 1.82) is 5.26 Å². The number of ether oxygens (including phenoxy) is 1. The average molecular weight is 299 g/mol. The van der Waals surface area contributed by atoms with Crippen molar-refractivity contribution in [2.45, 2.75) is 25.4 Å². The van der Waals surface area contributed by atoms with E-state index in [-0.39, 0.29) is 11.9 Å². The molecule has 0 spiro atoms. The molecular weight excluding hydrogens is 278 g/mol. The van der Waals surface area contributed by atoms with Gasteiger partial charge in [0.25, 0.3) is 0 Å². The first-order chi connectivity index (χ1) is 10.8. The van der Waals surface area contributed by atoms with Crippen LogP contribution in [0.4, 0.5) is 0 Å². The molecule has 0 radical (unpaired) electrons. The monoisotopic (exact) mass is 299 g/mol. The SMILES string of the molecule is N#Cc1ccc(CN2CCCC(N3CCOCC3)C2=O)cc1. The molecule has 0 N–H and O–H groups in total. The van der Waals surface area contributed by atoms with Crippen molar-refractivity contribution >= 4 is 5.91 Å². The van der Waals surface area contributed by atoms with Crippen molar-refractivity contribution in [3.05, 3.63) is 35.4 Å². The average Bonchev–Trinajstić information content (AvgIpc) is 2.58. The van der Waals surface area contributed by atoms with E-state index in [0.29, 0.717) is 12.1 Å². The van der Waals surface area contributed by atoms with E-state index in [0.717, 1.165) is 51.3 Å². The van der Waals surface area contributed by atoms with Crippen LogP contribution >= 0.6 is 0 Å². The molecule has 1 aromatic rings. The number of benzene rings is 1. The van der Waals surface area contributed by atoms with Crippen LogP contribution in [0.3, 0.4) is 0 Å². The maximum Gasteiger partial charge on any atom is 0.240 e. The zero-order valence-electron chi connectivity index (χ0n) is 12.7. The standard InChI is InChI=1S/C17H21N3O2/c18-12-14-3-5-15(6-4-14)13-20-7-1-2-16(17(20)21)19-8-10-22-11-9-19/h3-6,16H,1-2,7-11,13H2. The molecule has 2 aliphatic rings. The number of hydrogen-bond donors (Lipinski definition) is 0. The number of nitriles is 1. The molecule has 5 nitrogen and oxygen atoms in total. The van der Waals surface area contributed by atoms with Gasteiger partial charge in [-0.3, -0.25) is 9.69 Å². The van der Waals surface area contributed by atoms with Crippen molar-refractivity contribution in [2.75, 3.05) is 32.8 Å². The van der Waals surface area contributed by atoms with Crippen LogP contribution < -0.4 is 0 Å². The first-order valence-corrected chi connectivity index (χ1v) is 7.87. The summed E-state index contributed by atoms with van der Waals surface area (Å²) in [6, 6.07) is 9.61. The van der Waals surface area contributed by atoms with Crippen LogP contribution in [0.1, 0.15) is 24.0 Å². The molecule has 5 heteroatoms. The zero-order chi connectivity index (χ0) is 15.4. The van der Waals surface area contributed by atoms with E-state index >= 15 is 0 Å². The molecule has 1 unspecified atom stereocenters. The second-order valence-corrected chi connectivity index (χ2v) is 5.87. The van der Waals surface area contributed by atoms with Crippen molar-refractivity contribution in [3.63, 3.8) is 0 Å². The predicted molar refractivity (Wildman–Crippen MR) is 82.0 cm³/mol. The van der Waals surface area contributed by atoms with Gasteiger partial charge in [0.05, 0.1) is 30.9 Å². The highest BCUT2D eigenvalue weighted by atomic mass is 16.5. The summed E-state index contributed by atoms with van der Waals surface area (Å²) in [5.41, 5.74) is 1.73. The van der Waals surface area contributed by atoms with Gasteiger partial charge in [-0.15, -0.1) is 0 Å². The minimum absolute atomic E-state index is 0.0102. The molecule has 0 aliphatic carbocycles. The Bertz CT molecular complexity index is 558. The van der Waals surface area contributed by atoms with Gasteiger partial charge in [0.2, 0.25) is 5.91 Å². The van der Waals surface area contributed by atoms with Crippen LogP contribution in [-0.2, 0) is 16.1 Å². The molecule has 2 fully saturated rings. The summed E-state index contributed by atoms with van der Waals surface area (Å²) in [6.45, 7) is 4.59. The number of piperidine rings is 1. The fourth-order valence-corrected chi connectivity index (χ4v) is 3.21. The van der Waals surface area contributed by atoms with E-state index in [2.05, 4.69) is 11.0 Å². The van der Waals surface area contributed by atoms with Gasteiger partial charge >= 0.3 is 0 Å². The van der Waals surface area contributed by atoms with E-state index in [4.69, 9.17) is 10.00 Å². The molecular formula is C17H21N3O2. The van der Waals surface area contributed by atoms with Gasteiger partial charge in [0.1, 0.15) is 0 Å². The summed E-state index contributed by atoms with van der Waals surface area (Å²) in [4.78, 5) is 17.0. The van der Waals surface area contributed by atoms with Crippen molar-refractivity contribution < 1.29 is 9.53 Å². The smallest absolute Gasteiger partial charge is 0.240 e. The van der Waals surface area contributed by atoms with Crippen molar-refractivity contribution in [2.24, 2.45) is 0 Å². The zero-order valence-corrected chi connectivity index (χ0v) is 12.7. The lowest BCUT2D eigenvalue weighted by Crippen LogP contribution is -2.54. The fourth-order valence-electron chi connectivity index (χ4n) is 3.21. The Balaban J connectivity index is 1.65. The molecule has 22 heavy (non-hydrogen) atoms. The molecule has 0 saturated carbocycles. The number of hydrogen-bond acceptors (Lipinski definition) is 4. The third-order valence-corrected chi connectivity index (χ3v) is 4.45. The molecule has 0 bridgehead atoms. The largest absolute Gasteiger partial charge is 0.379 e. The van der Waals surface area contributed by atoms with Gasteiger partial charge in [-0.05, 0) is 30.5 Å². The van der Waals surface area contributed by atoms with Crippen LogP contribution in [0, 0.1) is 11.3 Å². The second-order valence-electron chi connectivity index (χ2n) is 5.87. The molecule has 1 aromatic carbocycles. The Morgan fingerprint density at radius 1 is 1.18 bits per heavy atom. The first kappa shape index (κ1) is 15.0. The predicted octanol–water partition coefficient (Wildman–Crippen LogP) is 1.38. The van der Waals surface area contributed by atoms with E-state index < -0.39 is 0 Å². The highest BCUT2D eigenvalue weighted by Crippen LogP contribution is 2.20. The minimum Gasteiger partial charge on any atom is -0.379 e. The summed E-state index contributed by atoms with van der Waals surface area (Å²) in [7, 11) is 0. The van der Waals surface area contributed by atoms with Crippen LogP contribution in [0.5, 0.6) is 0 Å². The van der Waals surface area contributed by atoms with Gasteiger partial charge in [0, 0.05) is 26.2 Å². The van der Waals surface area contributed by atoms with Crippen molar-refractivity contribution in [1.82, 2.24) is 9.80 Å². The quantitative estimate of drug-likeness (QED) is 0.846. The lowest BCUT2D eigenvalue weighted by atomic mass is 10.0.